The summed E-state index contributed by atoms with van der Waals surface area (Å²) in [5.74, 6) is 0. The van der Waals surface area contributed by atoms with E-state index in [1.54, 1.807) is 0 Å². The van der Waals surface area contributed by atoms with Crippen LogP contribution in [0.1, 0.15) is 54.2 Å². The molecule has 0 atom stereocenters. The van der Waals surface area contributed by atoms with E-state index in [1.807, 2.05) is 0 Å². The number of benzene rings is 5. The molecule has 0 amide bonds. The molecule has 0 nitrogen and oxygen atoms in total. The normalized spacial score (nSPS) is 13.9. The molecule has 0 aliphatic heterocycles. The second kappa shape index (κ2) is 9.05. The van der Waals surface area contributed by atoms with Gasteiger partial charge in [-0.3, -0.25) is 0 Å². The van der Waals surface area contributed by atoms with Crippen molar-refractivity contribution in [1.82, 2.24) is 0 Å². The third kappa shape index (κ3) is 3.94. The SMILES string of the molecule is CC(C)(C)c1ccc2c(c1)/C(=C/C(c1ccccc1)(c1ccccc1)c1ccccc1)c1ccccc1-2. The van der Waals surface area contributed by atoms with Crippen LogP contribution in [0, 0.1) is 0 Å². The first-order valence-corrected chi connectivity index (χ1v) is 13.1. The Hall–Kier alpha value is -4.16. The summed E-state index contributed by atoms with van der Waals surface area (Å²) >= 11 is 0. The molecule has 0 N–H and O–H groups in total. The second-order valence-corrected chi connectivity index (χ2v) is 11.0. The zero-order chi connectivity index (χ0) is 25.5. The molecule has 0 radical (unpaired) electrons. The number of hydrogen-bond acceptors (Lipinski definition) is 0. The lowest BCUT2D eigenvalue weighted by molar-refractivity contribution is 0.590. The maximum Gasteiger partial charge on any atom is 0.0641 e. The quantitative estimate of drug-likeness (QED) is 0.222. The van der Waals surface area contributed by atoms with Crippen LogP contribution in [0.15, 0.2) is 140 Å². The summed E-state index contributed by atoms with van der Waals surface area (Å²) in [6.45, 7) is 6.88. The highest BCUT2D eigenvalue weighted by atomic mass is 14.4. The number of rotatable bonds is 4. The summed E-state index contributed by atoms with van der Waals surface area (Å²) in [5, 5.41) is 0. The number of fused-ring (bicyclic) bond motifs is 3. The van der Waals surface area contributed by atoms with Crippen molar-refractivity contribution in [3.05, 3.63) is 173 Å². The fraction of sp³-hybridized carbons (Fsp3) is 0.135. The average molecular weight is 477 g/mol. The first-order valence-electron chi connectivity index (χ1n) is 13.1. The van der Waals surface area contributed by atoms with E-state index in [9.17, 15) is 0 Å². The average Bonchev–Trinajstić information content (AvgIpc) is 3.25. The van der Waals surface area contributed by atoms with E-state index < -0.39 is 5.41 Å². The standard InChI is InChI=1S/C37H32/c1-36(2,3)30-23-24-33-31-21-13-14-22-32(31)35(34(33)25-30)26-37(27-15-7-4-8-16-27,28-17-9-5-10-18-28)29-19-11-6-12-20-29/h4-26H,1-3H3/b35-26+. The van der Waals surface area contributed by atoms with Gasteiger partial charge in [-0.15, -0.1) is 0 Å². The van der Waals surface area contributed by atoms with Crippen molar-refractivity contribution in [2.24, 2.45) is 0 Å². The Morgan fingerprint density at radius 1 is 0.405 bits per heavy atom. The van der Waals surface area contributed by atoms with Crippen LogP contribution in [-0.4, -0.2) is 0 Å². The Kier molecular flexibility index (Phi) is 5.69. The van der Waals surface area contributed by atoms with E-state index in [0.29, 0.717) is 0 Å². The van der Waals surface area contributed by atoms with Gasteiger partial charge < -0.3 is 0 Å². The van der Waals surface area contributed by atoms with E-state index in [-0.39, 0.29) is 5.41 Å². The van der Waals surface area contributed by atoms with Crippen LogP contribution in [0.2, 0.25) is 0 Å². The first-order chi connectivity index (χ1) is 18.0. The lowest BCUT2D eigenvalue weighted by Gasteiger charge is -2.34. The van der Waals surface area contributed by atoms with Gasteiger partial charge in [0, 0.05) is 0 Å². The van der Waals surface area contributed by atoms with Crippen molar-refractivity contribution in [3.8, 4) is 11.1 Å². The molecule has 1 aliphatic carbocycles. The second-order valence-electron chi connectivity index (χ2n) is 11.0. The Bertz CT molecular complexity index is 1470. The molecule has 0 saturated carbocycles. The Labute approximate surface area is 221 Å². The van der Waals surface area contributed by atoms with Gasteiger partial charge in [0.25, 0.3) is 0 Å². The fourth-order valence-electron chi connectivity index (χ4n) is 5.79. The van der Waals surface area contributed by atoms with Crippen molar-refractivity contribution in [1.29, 1.82) is 0 Å². The molecule has 0 aromatic heterocycles. The fourth-order valence-corrected chi connectivity index (χ4v) is 5.79. The van der Waals surface area contributed by atoms with Gasteiger partial charge in [-0.25, -0.2) is 0 Å². The summed E-state index contributed by atoms with van der Waals surface area (Å²) in [7, 11) is 0. The first kappa shape index (κ1) is 23.3. The topological polar surface area (TPSA) is 0 Å². The van der Waals surface area contributed by atoms with Crippen molar-refractivity contribution in [2.75, 3.05) is 0 Å². The van der Waals surface area contributed by atoms with E-state index in [4.69, 9.17) is 0 Å². The Morgan fingerprint density at radius 3 is 1.32 bits per heavy atom. The van der Waals surface area contributed by atoms with Gasteiger partial charge in [-0.05, 0) is 61.6 Å². The molecule has 37 heavy (non-hydrogen) atoms. The summed E-state index contributed by atoms with van der Waals surface area (Å²) in [6, 6.07) is 48.8. The van der Waals surface area contributed by atoms with Crippen LogP contribution >= 0.6 is 0 Å². The van der Waals surface area contributed by atoms with Crippen LogP contribution in [0.3, 0.4) is 0 Å². The van der Waals surface area contributed by atoms with Gasteiger partial charge >= 0.3 is 0 Å². The molecule has 0 fully saturated rings. The summed E-state index contributed by atoms with van der Waals surface area (Å²) in [4.78, 5) is 0. The van der Waals surface area contributed by atoms with Gasteiger partial charge in [0.2, 0.25) is 0 Å². The van der Waals surface area contributed by atoms with Gasteiger partial charge in [0.1, 0.15) is 0 Å². The van der Waals surface area contributed by atoms with E-state index in [1.165, 1.54) is 50.1 Å². The van der Waals surface area contributed by atoms with Gasteiger partial charge in [0.15, 0.2) is 0 Å². The maximum absolute atomic E-state index is 2.53. The molecule has 0 saturated heterocycles. The Morgan fingerprint density at radius 2 is 0.838 bits per heavy atom. The van der Waals surface area contributed by atoms with E-state index >= 15 is 0 Å². The molecule has 0 bridgehead atoms. The van der Waals surface area contributed by atoms with Crippen LogP contribution < -0.4 is 0 Å². The molecule has 5 aromatic carbocycles. The predicted octanol–water partition coefficient (Wildman–Crippen LogP) is 9.43. The third-order valence-electron chi connectivity index (χ3n) is 7.73. The molecule has 0 heterocycles. The van der Waals surface area contributed by atoms with Crippen molar-refractivity contribution in [2.45, 2.75) is 31.6 Å². The van der Waals surface area contributed by atoms with Crippen LogP contribution in [0.4, 0.5) is 0 Å². The zero-order valence-corrected chi connectivity index (χ0v) is 21.8. The molecule has 0 heteroatoms. The molecule has 0 unspecified atom stereocenters. The minimum atomic E-state index is -0.453. The van der Waals surface area contributed by atoms with Crippen LogP contribution in [0.25, 0.3) is 16.7 Å². The molecule has 180 valence electrons. The lowest BCUT2D eigenvalue weighted by atomic mass is 9.68. The molecular formula is C37H32. The largest absolute Gasteiger partial charge is 0.0641 e. The van der Waals surface area contributed by atoms with Crippen LogP contribution in [-0.2, 0) is 10.8 Å². The van der Waals surface area contributed by atoms with Crippen molar-refractivity contribution < 1.29 is 0 Å². The van der Waals surface area contributed by atoms with Gasteiger partial charge in [-0.1, -0.05) is 154 Å². The smallest absolute Gasteiger partial charge is 0.0622 e. The third-order valence-corrected chi connectivity index (χ3v) is 7.73. The van der Waals surface area contributed by atoms with Crippen molar-refractivity contribution in [3.63, 3.8) is 0 Å². The maximum atomic E-state index is 2.53. The number of allylic oxidation sites excluding steroid dienone is 1. The molecular weight excluding hydrogens is 444 g/mol. The van der Waals surface area contributed by atoms with Gasteiger partial charge in [0.05, 0.1) is 5.41 Å². The Balaban J connectivity index is 1.74. The lowest BCUT2D eigenvalue weighted by Crippen LogP contribution is -2.27. The highest BCUT2D eigenvalue weighted by Crippen LogP contribution is 2.50. The number of hydrogen-bond donors (Lipinski definition) is 0. The zero-order valence-electron chi connectivity index (χ0n) is 21.8. The molecule has 0 spiro atoms. The predicted molar refractivity (Wildman–Crippen MR) is 157 cm³/mol. The van der Waals surface area contributed by atoms with E-state index in [2.05, 4.69) is 160 Å². The van der Waals surface area contributed by atoms with E-state index in [0.717, 1.165) is 0 Å². The minimum Gasteiger partial charge on any atom is -0.0622 e. The minimum absolute atomic E-state index is 0.0737. The summed E-state index contributed by atoms with van der Waals surface area (Å²) < 4.78 is 0. The monoisotopic (exact) mass is 476 g/mol. The molecule has 5 aromatic rings. The summed E-state index contributed by atoms with van der Waals surface area (Å²) in [6.07, 6.45) is 2.53. The summed E-state index contributed by atoms with van der Waals surface area (Å²) in [5.41, 5.74) is 11.3. The van der Waals surface area contributed by atoms with Gasteiger partial charge in [-0.2, -0.15) is 0 Å². The highest BCUT2D eigenvalue weighted by Gasteiger charge is 2.37. The van der Waals surface area contributed by atoms with Crippen LogP contribution in [0.5, 0.6) is 0 Å². The molecule has 6 rings (SSSR count). The highest BCUT2D eigenvalue weighted by molar-refractivity contribution is 6.02. The van der Waals surface area contributed by atoms with Crippen molar-refractivity contribution >= 4 is 5.57 Å². The molecule has 1 aliphatic rings.